The van der Waals surface area contributed by atoms with Crippen LogP contribution in [0.15, 0.2) is 30.6 Å². The van der Waals surface area contributed by atoms with Crippen LogP contribution >= 0.6 is 11.6 Å². The van der Waals surface area contributed by atoms with Crippen LogP contribution in [0.1, 0.15) is 26.2 Å². The fourth-order valence-electron chi connectivity index (χ4n) is 0.657. The number of alkyl halides is 1. The summed E-state index contributed by atoms with van der Waals surface area (Å²) in [6.07, 6.45) is 7.23. The van der Waals surface area contributed by atoms with Crippen LogP contribution in [0.3, 0.4) is 0 Å². The topological polar surface area (TPSA) is 50.2 Å². The van der Waals surface area contributed by atoms with Crippen molar-refractivity contribution < 1.29 is 9.90 Å². The first kappa shape index (κ1) is 16.3. The lowest BCUT2D eigenvalue weighted by atomic mass is 10.3. The largest absolute Gasteiger partial charge is 0.483 e. The highest BCUT2D eigenvalue weighted by Gasteiger charge is 1.76. The van der Waals surface area contributed by atoms with Crippen molar-refractivity contribution in [2.24, 2.45) is 0 Å². The highest BCUT2D eigenvalue weighted by molar-refractivity contribution is 6.17. The van der Waals surface area contributed by atoms with Gasteiger partial charge in [-0.3, -0.25) is 9.78 Å². The van der Waals surface area contributed by atoms with Gasteiger partial charge in [0.1, 0.15) is 0 Å². The number of halogens is 1. The number of hydrogen-bond acceptors (Lipinski definition) is 2. The highest BCUT2D eigenvalue weighted by Crippen LogP contribution is 1.93. The van der Waals surface area contributed by atoms with Crippen molar-refractivity contribution in [3.8, 4) is 0 Å². The molecule has 0 amide bonds. The van der Waals surface area contributed by atoms with E-state index >= 15 is 0 Å². The number of hydrogen-bond donors (Lipinski definition) is 1. The predicted octanol–water partition coefficient (Wildman–Crippen LogP) is 3.20. The number of carboxylic acid groups (broad SMARTS) is 1. The maximum atomic E-state index is 8.36. The molecule has 1 N–H and O–H groups in total. The highest BCUT2D eigenvalue weighted by atomic mass is 35.5. The van der Waals surface area contributed by atoms with Crippen LogP contribution in [0.5, 0.6) is 0 Å². The minimum absolute atomic E-state index is 0.250. The zero-order valence-electron chi connectivity index (χ0n) is 8.97. The molecule has 0 aliphatic carbocycles. The van der Waals surface area contributed by atoms with Crippen LogP contribution in [0.4, 0.5) is 0 Å². The van der Waals surface area contributed by atoms with Gasteiger partial charge in [-0.25, -0.2) is 0 Å². The Morgan fingerprint density at radius 1 is 1.27 bits per heavy atom. The molecule has 1 heterocycles. The first-order valence-electron chi connectivity index (χ1n) is 4.82. The van der Waals surface area contributed by atoms with E-state index in [1.807, 2.05) is 18.2 Å². The second kappa shape index (κ2) is 18.6. The summed E-state index contributed by atoms with van der Waals surface area (Å²) in [5.41, 5.74) is 0. The lowest BCUT2D eigenvalue weighted by Gasteiger charge is -1.84. The standard InChI is InChI=1S/C5H11Cl.C5H5N.CH2O2/c1-2-3-4-5-6;1-2-4-6-5-3-1;2-1-3/h2-5H2,1H3;1-5H;1H,(H,2,3). The zero-order valence-corrected chi connectivity index (χ0v) is 9.73. The van der Waals surface area contributed by atoms with E-state index < -0.39 is 0 Å². The van der Waals surface area contributed by atoms with E-state index in [1.165, 1.54) is 19.3 Å². The molecule has 4 heteroatoms. The molecule has 15 heavy (non-hydrogen) atoms. The Morgan fingerprint density at radius 2 is 1.80 bits per heavy atom. The Hall–Kier alpha value is -1.09. The molecule has 0 saturated heterocycles. The zero-order chi connectivity index (χ0) is 11.8. The Morgan fingerprint density at radius 3 is 1.93 bits per heavy atom. The Labute approximate surface area is 96.1 Å². The quantitative estimate of drug-likeness (QED) is 0.494. The molecule has 0 atom stereocenters. The number of unbranched alkanes of at least 4 members (excludes halogenated alkanes) is 2. The molecule has 0 aromatic carbocycles. The summed E-state index contributed by atoms with van der Waals surface area (Å²) in [5, 5.41) is 6.89. The van der Waals surface area contributed by atoms with Gasteiger partial charge in [-0.1, -0.05) is 25.8 Å². The van der Waals surface area contributed by atoms with Gasteiger partial charge < -0.3 is 5.11 Å². The summed E-state index contributed by atoms with van der Waals surface area (Å²) < 4.78 is 0. The van der Waals surface area contributed by atoms with Gasteiger partial charge in [-0.05, 0) is 18.6 Å². The first-order chi connectivity index (χ1) is 7.33. The van der Waals surface area contributed by atoms with Crippen LogP contribution in [0.25, 0.3) is 0 Å². The van der Waals surface area contributed by atoms with Crippen molar-refractivity contribution in [3.63, 3.8) is 0 Å². The van der Waals surface area contributed by atoms with E-state index in [4.69, 9.17) is 21.5 Å². The molecule has 86 valence electrons. The fourth-order valence-corrected chi connectivity index (χ4v) is 0.846. The molecule has 0 spiro atoms. The first-order valence-corrected chi connectivity index (χ1v) is 5.35. The molecule has 0 fully saturated rings. The van der Waals surface area contributed by atoms with Crippen LogP contribution in [-0.2, 0) is 4.79 Å². The number of pyridine rings is 1. The molecule has 1 aromatic heterocycles. The summed E-state index contributed by atoms with van der Waals surface area (Å²) in [7, 11) is 0. The van der Waals surface area contributed by atoms with E-state index in [9.17, 15) is 0 Å². The van der Waals surface area contributed by atoms with Crippen LogP contribution in [0, 0.1) is 0 Å². The molecule has 0 unspecified atom stereocenters. The number of nitrogens with zero attached hydrogens (tertiary/aromatic N) is 1. The molecule has 3 nitrogen and oxygen atoms in total. The fraction of sp³-hybridized carbons (Fsp3) is 0.455. The van der Waals surface area contributed by atoms with Crippen LogP contribution in [-0.4, -0.2) is 22.4 Å². The Balaban J connectivity index is 0. The molecule has 0 aliphatic heterocycles. The summed E-state index contributed by atoms with van der Waals surface area (Å²) in [4.78, 5) is 12.1. The van der Waals surface area contributed by atoms with Crippen molar-refractivity contribution in [1.82, 2.24) is 4.98 Å². The third-order valence-corrected chi connectivity index (χ3v) is 1.57. The average molecular weight is 232 g/mol. The van der Waals surface area contributed by atoms with Crippen molar-refractivity contribution >= 4 is 18.1 Å². The van der Waals surface area contributed by atoms with Gasteiger partial charge in [0.15, 0.2) is 0 Å². The van der Waals surface area contributed by atoms with Gasteiger partial charge >= 0.3 is 0 Å². The molecular weight excluding hydrogens is 214 g/mol. The van der Waals surface area contributed by atoms with E-state index in [2.05, 4.69) is 11.9 Å². The minimum atomic E-state index is -0.250. The third-order valence-electron chi connectivity index (χ3n) is 1.30. The van der Waals surface area contributed by atoms with Gasteiger partial charge in [0.05, 0.1) is 0 Å². The van der Waals surface area contributed by atoms with E-state index in [0.29, 0.717) is 0 Å². The Kier molecular flexibility index (Phi) is 20.3. The minimum Gasteiger partial charge on any atom is -0.483 e. The van der Waals surface area contributed by atoms with Crippen LogP contribution < -0.4 is 0 Å². The van der Waals surface area contributed by atoms with Gasteiger partial charge in [0, 0.05) is 18.3 Å². The predicted molar refractivity (Wildman–Crippen MR) is 63.2 cm³/mol. The SMILES string of the molecule is CCCCCCl.O=CO.c1ccncc1. The van der Waals surface area contributed by atoms with E-state index in [0.717, 1.165) is 5.88 Å². The maximum Gasteiger partial charge on any atom is 0.290 e. The van der Waals surface area contributed by atoms with E-state index in [-0.39, 0.29) is 6.47 Å². The van der Waals surface area contributed by atoms with Crippen molar-refractivity contribution in [1.29, 1.82) is 0 Å². The third kappa shape index (κ3) is 24.6. The molecule has 1 rings (SSSR count). The average Bonchev–Trinajstić information content (AvgIpc) is 2.30. The van der Waals surface area contributed by atoms with Gasteiger partial charge in [-0.15, -0.1) is 11.6 Å². The lowest BCUT2D eigenvalue weighted by molar-refractivity contribution is -0.122. The maximum absolute atomic E-state index is 8.36. The molecule has 0 saturated carbocycles. The van der Waals surface area contributed by atoms with Gasteiger partial charge in [0.25, 0.3) is 6.47 Å². The molecule has 0 aliphatic rings. The summed E-state index contributed by atoms with van der Waals surface area (Å²) in [6, 6.07) is 5.72. The number of rotatable bonds is 3. The lowest BCUT2D eigenvalue weighted by Crippen LogP contribution is -1.70. The second-order valence-electron chi connectivity index (χ2n) is 2.53. The normalized spacial score (nSPS) is 7.60. The number of aromatic nitrogens is 1. The number of carbonyl (C=O) groups is 1. The van der Waals surface area contributed by atoms with Crippen molar-refractivity contribution in [2.45, 2.75) is 26.2 Å². The smallest absolute Gasteiger partial charge is 0.290 e. The van der Waals surface area contributed by atoms with E-state index in [1.54, 1.807) is 12.4 Å². The second-order valence-corrected chi connectivity index (χ2v) is 2.90. The molecule has 0 radical (unpaired) electrons. The summed E-state index contributed by atoms with van der Waals surface area (Å²) in [6.45, 7) is 1.92. The van der Waals surface area contributed by atoms with Crippen molar-refractivity contribution in [3.05, 3.63) is 30.6 Å². The molecule has 1 aromatic rings. The molecule has 0 bridgehead atoms. The van der Waals surface area contributed by atoms with Crippen molar-refractivity contribution in [2.75, 3.05) is 5.88 Å². The van der Waals surface area contributed by atoms with Gasteiger partial charge in [0.2, 0.25) is 0 Å². The monoisotopic (exact) mass is 231 g/mol. The van der Waals surface area contributed by atoms with Crippen LogP contribution in [0.2, 0.25) is 0 Å². The Bertz CT molecular complexity index is 164. The summed E-state index contributed by atoms with van der Waals surface area (Å²) >= 11 is 5.38. The summed E-state index contributed by atoms with van der Waals surface area (Å²) in [5.74, 6) is 0.827. The molecular formula is C11H18ClNO2. The van der Waals surface area contributed by atoms with Gasteiger partial charge in [-0.2, -0.15) is 0 Å².